The van der Waals surface area contributed by atoms with Gasteiger partial charge in [0.15, 0.2) is 5.96 Å². The van der Waals surface area contributed by atoms with Gasteiger partial charge >= 0.3 is 0 Å². The maximum absolute atomic E-state index is 11.7. The third kappa shape index (κ3) is 10.5. The molecule has 31 heavy (non-hydrogen) atoms. The van der Waals surface area contributed by atoms with Gasteiger partial charge in [0, 0.05) is 57.6 Å². The average molecular weight is 540 g/mol. The van der Waals surface area contributed by atoms with Crippen LogP contribution in [0.15, 0.2) is 53.5 Å². The third-order valence-corrected chi connectivity index (χ3v) is 4.26. The van der Waals surface area contributed by atoms with Crippen LogP contribution >= 0.6 is 24.0 Å². The van der Waals surface area contributed by atoms with Gasteiger partial charge in [0.1, 0.15) is 5.75 Å². The fraction of sp³-hybridized carbons (Fsp3) is 0.391. The first-order valence-corrected chi connectivity index (χ1v) is 10.2. The summed E-state index contributed by atoms with van der Waals surface area (Å²) in [5.74, 6) is 1.50. The number of methoxy groups -OCH3 is 1. The van der Waals surface area contributed by atoms with Gasteiger partial charge in [-0.1, -0.05) is 25.1 Å². The Balaban J connectivity index is 0.00000480. The number of hydrogen-bond acceptors (Lipinski definition) is 4. The standard InChI is InChI=1S/C23H32N4O3.HI/c1-4-7-22(28)26-19-12-10-18(11-13-19)17-25-23(24-2)27-20-8-5-9-21(16-20)30-15-6-14-29-3;/h5,8-13,16H,4,6-7,14-15,17H2,1-3H3,(H,26,28)(H2,24,25,27);1H. The van der Waals surface area contributed by atoms with E-state index in [2.05, 4.69) is 20.9 Å². The zero-order valence-corrected chi connectivity index (χ0v) is 20.8. The third-order valence-electron chi connectivity index (χ3n) is 4.26. The summed E-state index contributed by atoms with van der Waals surface area (Å²) in [5.41, 5.74) is 2.78. The van der Waals surface area contributed by atoms with Crippen LogP contribution in [0.3, 0.4) is 0 Å². The zero-order valence-electron chi connectivity index (χ0n) is 18.4. The first kappa shape index (κ1) is 26.7. The Morgan fingerprint density at radius 1 is 1.03 bits per heavy atom. The van der Waals surface area contributed by atoms with Crippen LogP contribution in [0.1, 0.15) is 31.7 Å². The van der Waals surface area contributed by atoms with Gasteiger partial charge in [-0.3, -0.25) is 9.79 Å². The summed E-state index contributed by atoms with van der Waals surface area (Å²) in [6.07, 6.45) is 2.21. The lowest BCUT2D eigenvalue weighted by molar-refractivity contribution is -0.116. The first-order chi connectivity index (χ1) is 14.6. The van der Waals surface area contributed by atoms with Crippen molar-refractivity contribution in [2.45, 2.75) is 32.7 Å². The van der Waals surface area contributed by atoms with E-state index in [-0.39, 0.29) is 29.9 Å². The highest BCUT2D eigenvalue weighted by atomic mass is 127. The predicted octanol–water partition coefficient (Wildman–Crippen LogP) is 4.65. The van der Waals surface area contributed by atoms with Gasteiger partial charge in [0.25, 0.3) is 0 Å². The highest BCUT2D eigenvalue weighted by Gasteiger charge is 2.04. The SMILES string of the molecule is CCCC(=O)Nc1ccc(CNC(=NC)Nc2cccc(OCCCOC)c2)cc1.I. The molecular weight excluding hydrogens is 507 g/mol. The topological polar surface area (TPSA) is 84.0 Å². The normalized spacial score (nSPS) is 10.7. The summed E-state index contributed by atoms with van der Waals surface area (Å²) < 4.78 is 10.8. The molecule has 0 heterocycles. The number of amides is 1. The van der Waals surface area contributed by atoms with Crippen molar-refractivity contribution in [1.82, 2.24) is 5.32 Å². The molecule has 0 aromatic heterocycles. The van der Waals surface area contributed by atoms with E-state index < -0.39 is 0 Å². The molecule has 2 aromatic rings. The molecule has 0 aliphatic carbocycles. The Hall–Kier alpha value is -2.33. The lowest BCUT2D eigenvalue weighted by atomic mass is 10.2. The number of hydrogen-bond donors (Lipinski definition) is 3. The summed E-state index contributed by atoms with van der Waals surface area (Å²) >= 11 is 0. The molecule has 0 bridgehead atoms. The average Bonchev–Trinajstić information content (AvgIpc) is 2.75. The van der Waals surface area contributed by atoms with Crippen LogP contribution < -0.4 is 20.7 Å². The summed E-state index contributed by atoms with van der Waals surface area (Å²) in [5, 5.41) is 9.45. The number of benzene rings is 2. The summed E-state index contributed by atoms with van der Waals surface area (Å²) in [4.78, 5) is 15.9. The highest BCUT2D eigenvalue weighted by Crippen LogP contribution is 2.17. The molecule has 0 unspecified atom stereocenters. The van der Waals surface area contributed by atoms with E-state index in [0.717, 1.165) is 35.5 Å². The number of anilines is 2. The number of nitrogens with one attached hydrogen (secondary N) is 3. The highest BCUT2D eigenvalue weighted by molar-refractivity contribution is 14.0. The van der Waals surface area contributed by atoms with Crippen molar-refractivity contribution in [3.8, 4) is 5.75 Å². The number of carbonyl (C=O) groups excluding carboxylic acids is 1. The van der Waals surface area contributed by atoms with Crippen molar-refractivity contribution in [2.75, 3.05) is 38.0 Å². The van der Waals surface area contributed by atoms with Crippen LogP contribution in [0.2, 0.25) is 0 Å². The molecule has 0 radical (unpaired) electrons. The number of aliphatic imine (C=N–C) groups is 1. The zero-order chi connectivity index (χ0) is 21.6. The van der Waals surface area contributed by atoms with Gasteiger partial charge < -0.3 is 25.4 Å². The minimum Gasteiger partial charge on any atom is -0.493 e. The van der Waals surface area contributed by atoms with Crippen molar-refractivity contribution in [2.24, 2.45) is 4.99 Å². The van der Waals surface area contributed by atoms with Crippen molar-refractivity contribution in [3.05, 3.63) is 54.1 Å². The van der Waals surface area contributed by atoms with Gasteiger partial charge in [-0.05, 0) is 36.2 Å². The molecule has 0 atom stereocenters. The number of halogens is 1. The summed E-state index contributed by atoms with van der Waals surface area (Å²) in [7, 11) is 3.41. The van der Waals surface area contributed by atoms with Gasteiger partial charge in [0.2, 0.25) is 5.91 Å². The molecule has 7 nitrogen and oxygen atoms in total. The van der Waals surface area contributed by atoms with Crippen LogP contribution in [0.25, 0.3) is 0 Å². The molecule has 0 aliphatic rings. The number of ether oxygens (including phenoxy) is 2. The lowest BCUT2D eigenvalue weighted by Gasteiger charge is -2.13. The van der Waals surface area contributed by atoms with Gasteiger partial charge in [-0.25, -0.2) is 0 Å². The van der Waals surface area contributed by atoms with E-state index in [4.69, 9.17) is 9.47 Å². The van der Waals surface area contributed by atoms with Gasteiger partial charge in [0.05, 0.1) is 6.61 Å². The molecule has 170 valence electrons. The quantitative estimate of drug-likeness (QED) is 0.167. The molecular formula is C23H33IN4O3. The fourth-order valence-corrected chi connectivity index (χ4v) is 2.72. The number of nitrogens with zero attached hydrogens (tertiary/aromatic N) is 1. The second kappa shape index (κ2) is 15.5. The molecule has 2 rings (SSSR count). The maximum atomic E-state index is 11.7. The predicted molar refractivity (Wildman–Crippen MR) is 138 cm³/mol. The Kier molecular flexibility index (Phi) is 13.3. The molecule has 3 N–H and O–H groups in total. The van der Waals surface area contributed by atoms with Crippen molar-refractivity contribution >= 4 is 47.2 Å². The van der Waals surface area contributed by atoms with E-state index in [9.17, 15) is 4.79 Å². The Morgan fingerprint density at radius 2 is 1.81 bits per heavy atom. The molecule has 0 spiro atoms. The number of guanidine groups is 1. The second-order valence-corrected chi connectivity index (χ2v) is 6.77. The van der Waals surface area contributed by atoms with Crippen LogP contribution in [0, 0.1) is 0 Å². The van der Waals surface area contributed by atoms with Crippen molar-refractivity contribution in [3.63, 3.8) is 0 Å². The second-order valence-electron chi connectivity index (χ2n) is 6.77. The van der Waals surface area contributed by atoms with Crippen LogP contribution in [0.5, 0.6) is 5.75 Å². The Morgan fingerprint density at radius 3 is 2.48 bits per heavy atom. The van der Waals surface area contributed by atoms with E-state index in [1.165, 1.54) is 0 Å². The summed E-state index contributed by atoms with van der Waals surface area (Å²) in [6, 6.07) is 15.5. The maximum Gasteiger partial charge on any atom is 0.224 e. The van der Waals surface area contributed by atoms with Crippen LogP contribution in [-0.2, 0) is 16.1 Å². The van der Waals surface area contributed by atoms with E-state index >= 15 is 0 Å². The first-order valence-electron chi connectivity index (χ1n) is 10.2. The lowest BCUT2D eigenvalue weighted by Crippen LogP contribution is -2.30. The molecule has 0 saturated carbocycles. The largest absolute Gasteiger partial charge is 0.493 e. The van der Waals surface area contributed by atoms with E-state index in [1.54, 1.807) is 14.2 Å². The van der Waals surface area contributed by atoms with Gasteiger partial charge in [-0.2, -0.15) is 0 Å². The minimum atomic E-state index is 0. The van der Waals surface area contributed by atoms with Crippen molar-refractivity contribution in [1.29, 1.82) is 0 Å². The Bertz CT molecular complexity index is 813. The molecule has 0 fully saturated rings. The molecule has 1 amide bonds. The Labute approximate surface area is 202 Å². The molecule has 2 aromatic carbocycles. The monoisotopic (exact) mass is 540 g/mol. The van der Waals surface area contributed by atoms with Crippen LogP contribution in [-0.4, -0.2) is 39.2 Å². The van der Waals surface area contributed by atoms with E-state index in [1.807, 2.05) is 55.5 Å². The molecule has 0 saturated heterocycles. The van der Waals surface area contributed by atoms with Crippen molar-refractivity contribution < 1.29 is 14.3 Å². The summed E-state index contributed by atoms with van der Waals surface area (Å²) in [6.45, 7) is 3.89. The minimum absolute atomic E-state index is 0. The fourth-order valence-electron chi connectivity index (χ4n) is 2.72. The van der Waals surface area contributed by atoms with Gasteiger partial charge in [-0.15, -0.1) is 24.0 Å². The smallest absolute Gasteiger partial charge is 0.224 e. The number of carbonyl (C=O) groups is 1. The van der Waals surface area contributed by atoms with Crippen LogP contribution in [0.4, 0.5) is 11.4 Å². The molecule has 0 aliphatic heterocycles. The number of rotatable bonds is 11. The molecule has 8 heteroatoms. The van der Waals surface area contributed by atoms with E-state index in [0.29, 0.717) is 32.1 Å².